The minimum absolute atomic E-state index is 0.186. The predicted molar refractivity (Wildman–Crippen MR) is 270 cm³/mol. The van der Waals surface area contributed by atoms with Gasteiger partial charge in [-0.15, -0.1) is 0 Å². The van der Waals surface area contributed by atoms with Gasteiger partial charge in [0.05, 0.1) is 11.0 Å². The average Bonchev–Trinajstić information content (AvgIpc) is 3.80. The van der Waals surface area contributed by atoms with E-state index >= 15 is 0 Å². The van der Waals surface area contributed by atoms with Crippen LogP contribution in [0.1, 0.15) is 31.9 Å². The normalized spacial score (nSPS) is 14.3. The molecule has 1 aliphatic carbocycles. The molecular formula is C60H45N5. The molecule has 5 nitrogen and oxygen atoms in total. The lowest BCUT2D eigenvalue weighted by atomic mass is 9.82. The van der Waals surface area contributed by atoms with E-state index in [2.05, 4.69) is 191 Å². The van der Waals surface area contributed by atoms with Gasteiger partial charge in [-0.1, -0.05) is 105 Å². The van der Waals surface area contributed by atoms with Crippen molar-refractivity contribution in [3.8, 4) is 72.4 Å². The number of aromatic nitrogens is 5. The highest BCUT2D eigenvalue weighted by Crippen LogP contribution is 2.52. The highest BCUT2D eigenvalue weighted by atomic mass is 15.0. The molecule has 0 saturated heterocycles. The summed E-state index contributed by atoms with van der Waals surface area (Å²) in [6.07, 6.45) is 21.4. The Labute approximate surface area is 379 Å². The number of fused-ring (bicyclic) bond motifs is 4. The first-order chi connectivity index (χ1) is 31.9. The molecule has 0 saturated carbocycles. The van der Waals surface area contributed by atoms with Crippen molar-refractivity contribution < 1.29 is 0 Å². The van der Waals surface area contributed by atoms with E-state index in [0.29, 0.717) is 0 Å². The molecule has 0 bridgehead atoms. The van der Waals surface area contributed by atoms with E-state index in [1.54, 1.807) is 12.4 Å². The van der Waals surface area contributed by atoms with Crippen molar-refractivity contribution in [2.75, 3.05) is 0 Å². The number of pyridine rings is 4. The van der Waals surface area contributed by atoms with E-state index in [1.807, 2.05) is 55.4 Å². The van der Waals surface area contributed by atoms with Crippen LogP contribution in [0.15, 0.2) is 219 Å². The van der Waals surface area contributed by atoms with Crippen LogP contribution in [0.5, 0.6) is 0 Å². The third-order valence-electron chi connectivity index (χ3n) is 13.0. The first-order valence-corrected chi connectivity index (χ1v) is 22.0. The van der Waals surface area contributed by atoms with E-state index in [4.69, 9.17) is 0 Å². The van der Waals surface area contributed by atoms with Crippen LogP contribution in [-0.2, 0) is 5.41 Å². The highest BCUT2D eigenvalue weighted by Gasteiger charge is 2.38. The third kappa shape index (κ3) is 6.99. The van der Waals surface area contributed by atoms with Crippen molar-refractivity contribution in [2.45, 2.75) is 26.2 Å². The van der Waals surface area contributed by atoms with E-state index in [-0.39, 0.29) is 5.41 Å². The molecule has 310 valence electrons. The SMILES string of the molecule is C=CC=C1/C(=C\C)C(C)(C)c2cc3c(cc21)c1ccccc1n3-c1cc(-c2cccc(-c3cncc(-c4cccnc4)c3)c2)cc(-c2cccc(-c3cncc(-c4cccnc4)c3)c2)c1. The van der Waals surface area contributed by atoms with Crippen LogP contribution in [0.2, 0.25) is 0 Å². The number of allylic oxidation sites excluding steroid dienone is 5. The number of hydrogen-bond acceptors (Lipinski definition) is 4. The monoisotopic (exact) mass is 835 g/mol. The summed E-state index contributed by atoms with van der Waals surface area (Å²) in [4.78, 5) is 18.0. The molecule has 0 amide bonds. The first kappa shape index (κ1) is 39.6. The average molecular weight is 836 g/mol. The fourth-order valence-electron chi connectivity index (χ4n) is 9.88. The summed E-state index contributed by atoms with van der Waals surface area (Å²) < 4.78 is 2.47. The van der Waals surface area contributed by atoms with E-state index in [1.165, 1.54) is 38.6 Å². The summed E-state index contributed by atoms with van der Waals surface area (Å²) in [5, 5.41) is 2.44. The number of nitrogens with zero attached hydrogens (tertiary/aromatic N) is 5. The van der Waals surface area contributed by atoms with Gasteiger partial charge in [-0.25, -0.2) is 0 Å². The Balaban J connectivity index is 1.12. The lowest BCUT2D eigenvalue weighted by Crippen LogP contribution is -2.15. The van der Waals surface area contributed by atoms with Crippen LogP contribution in [0.3, 0.4) is 0 Å². The molecule has 5 heterocycles. The van der Waals surface area contributed by atoms with Gasteiger partial charge >= 0.3 is 0 Å². The number of rotatable bonds is 8. The Hall–Kier alpha value is -8.28. The summed E-state index contributed by atoms with van der Waals surface area (Å²) in [6, 6.07) is 50.8. The molecule has 0 unspecified atom stereocenters. The molecule has 65 heavy (non-hydrogen) atoms. The van der Waals surface area contributed by atoms with Gasteiger partial charge in [0.15, 0.2) is 0 Å². The zero-order valence-corrected chi connectivity index (χ0v) is 36.6. The molecule has 5 aromatic heterocycles. The molecule has 10 aromatic rings. The maximum absolute atomic E-state index is 4.66. The second-order valence-electron chi connectivity index (χ2n) is 17.2. The van der Waals surface area contributed by atoms with Crippen molar-refractivity contribution in [1.82, 2.24) is 24.5 Å². The lowest BCUT2D eigenvalue weighted by molar-refractivity contribution is 0.660. The van der Waals surface area contributed by atoms with Crippen molar-refractivity contribution in [3.05, 3.63) is 231 Å². The lowest BCUT2D eigenvalue weighted by Gasteiger charge is -2.22. The molecular weight excluding hydrogens is 791 g/mol. The quantitative estimate of drug-likeness (QED) is 0.153. The van der Waals surface area contributed by atoms with Gasteiger partial charge in [0, 0.05) is 105 Å². The van der Waals surface area contributed by atoms with Gasteiger partial charge in [0.2, 0.25) is 0 Å². The predicted octanol–water partition coefficient (Wildman–Crippen LogP) is 15.2. The van der Waals surface area contributed by atoms with Crippen LogP contribution in [0.25, 0.3) is 99.8 Å². The Morgan fingerprint density at radius 3 is 1.49 bits per heavy atom. The second-order valence-corrected chi connectivity index (χ2v) is 17.2. The summed E-state index contributed by atoms with van der Waals surface area (Å²) in [7, 11) is 0. The fourth-order valence-corrected chi connectivity index (χ4v) is 9.88. The van der Waals surface area contributed by atoms with Gasteiger partial charge in [-0.2, -0.15) is 0 Å². The molecule has 0 aliphatic heterocycles. The van der Waals surface area contributed by atoms with Crippen LogP contribution in [0.4, 0.5) is 0 Å². The highest BCUT2D eigenvalue weighted by molar-refractivity contribution is 6.12. The maximum atomic E-state index is 4.66. The zero-order valence-electron chi connectivity index (χ0n) is 36.6. The van der Waals surface area contributed by atoms with Gasteiger partial charge < -0.3 is 4.57 Å². The van der Waals surface area contributed by atoms with E-state index in [9.17, 15) is 0 Å². The largest absolute Gasteiger partial charge is 0.309 e. The molecule has 5 heteroatoms. The minimum atomic E-state index is -0.186. The van der Waals surface area contributed by atoms with Gasteiger partial charge in [-0.05, 0) is 135 Å². The van der Waals surface area contributed by atoms with E-state index < -0.39 is 0 Å². The third-order valence-corrected chi connectivity index (χ3v) is 13.0. The zero-order chi connectivity index (χ0) is 44.1. The standard InChI is InChI=1S/C60H45N5/c1-5-13-52-54-31-55-53-20-7-8-21-58(53)65(59(55)32-57(54)60(3,4)56(52)6-2)51-29-45(39-14-9-16-41(24-39)47-27-49(37-63-35-47)43-18-11-22-61-33-43)26-46(30-51)40-15-10-17-42(25-40)48-28-50(38-64-36-48)44-19-12-23-62-34-44/h5-38H,1H2,2-4H3/b52-13?,56-6+. The van der Waals surface area contributed by atoms with Crippen molar-refractivity contribution in [2.24, 2.45) is 0 Å². The molecule has 0 atom stereocenters. The Morgan fingerprint density at radius 2 is 0.954 bits per heavy atom. The van der Waals surface area contributed by atoms with Gasteiger partial charge in [0.1, 0.15) is 0 Å². The summed E-state index contributed by atoms with van der Waals surface area (Å²) in [5.74, 6) is 0. The number of hydrogen-bond donors (Lipinski definition) is 0. The van der Waals surface area contributed by atoms with Crippen LogP contribution < -0.4 is 0 Å². The second kappa shape index (κ2) is 16.1. The number of para-hydroxylation sites is 1. The first-order valence-electron chi connectivity index (χ1n) is 22.0. The summed E-state index contributed by atoms with van der Waals surface area (Å²) >= 11 is 0. The molecule has 0 N–H and O–H groups in total. The van der Waals surface area contributed by atoms with Gasteiger partial charge in [-0.3, -0.25) is 19.9 Å². The Morgan fingerprint density at radius 1 is 0.462 bits per heavy atom. The molecule has 5 aromatic carbocycles. The van der Waals surface area contributed by atoms with Crippen molar-refractivity contribution >= 4 is 27.4 Å². The topological polar surface area (TPSA) is 56.5 Å². The van der Waals surface area contributed by atoms with Crippen molar-refractivity contribution in [1.29, 1.82) is 0 Å². The minimum Gasteiger partial charge on any atom is -0.309 e. The summed E-state index contributed by atoms with van der Waals surface area (Å²) in [6.45, 7) is 10.9. The molecule has 1 aliphatic rings. The fraction of sp³-hybridized carbons (Fsp3) is 0.0667. The van der Waals surface area contributed by atoms with E-state index in [0.717, 1.165) is 78.0 Å². The van der Waals surface area contributed by atoms with Crippen LogP contribution in [0, 0.1) is 0 Å². The smallest absolute Gasteiger partial charge is 0.0544 e. The maximum Gasteiger partial charge on any atom is 0.0544 e. The van der Waals surface area contributed by atoms with Crippen LogP contribution >= 0.6 is 0 Å². The molecule has 0 fully saturated rings. The summed E-state index contributed by atoms with van der Waals surface area (Å²) in [5.41, 5.74) is 21.2. The molecule has 11 rings (SSSR count). The molecule has 0 spiro atoms. The number of benzene rings is 5. The van der Waals surface area contributed by atoms with Crippen LogP contribution in [-0.4, -0.2) is 24.5 Å². The van der Waals surface area contributed by atoms with Crippen molar-refractivity contribution in [3.63, 3.8) is 0 Å². The Kier molecular flexibility index (Phi) is 9.81. The Bertz CT molecular complexity index is 3390. The molecule has 0 radical (unpaired) electrons. The van der Waals surface area contributed by atoms with Gasteiger partial charge in [0.25, 0.3) is 0 Å².